The Kier molecular flexibility index (Phi) is 5.11. The topological polar surface area (TPSA) is 71.8 Å². The van der Waals surface area contributed by atoms with E-state index in [1.54, 1.807) is 25.6 Å². The largest absolute Gasteiger partial charge is 0.373 e. The van der Waals surface area contributed by atoms with Gasteiger partial charge in [0.1, 0.15) is 11.5 Å². The van der Waals surface area contributed by atoms with Crippen LogP contribution in [0, 0.1) is 0 Å². The SMILES string of the molecule is CNc1cccc(C(=O)NCCCCn2ccnc2)n1. The number of hydrogen-bond donors (Lipinski definition) is 2. The number of imidazole rings is 1. The van der Waals surface area contributed by atoms with Gasteiger partial charge in [-0.1, -0.05) is 6.07 Å². The summed E-state index contributed by atoms with van der Waals surface area (Å²) in [5, 5.41) is 5.79. The molecule has 0 unspecified atom stereocenters. The molecule has 2 aromatic rings. The molecule has 0 atom stereocenters. The van der Waals surface area contributed by atoms with Crippen molar-refractivity contribution in [3.05, 3.63) is 42.6 Å². The number of nitrogens with one attached hydrogen (secondary N) is 2. The van der Waals surface area contributed by atoms with Gasteiger partial charge in [-0.05, 0) is 25.0 Å². The average Bonchev–Trinajstić information content (AvgIpc) is 3.00. The number of carbonyl (C=O) groups is 1. The summed E-state index contributed by atoms with van der Waals surface area (Å²) in [4.78, 5) is 20.1. The molecule has 0 fully saturated rings. The molecular weight excluding hydrogens is 254 g/mol. The highest BCUT2D eigenvalue weighted by atomic mass is 16.1. The minimum absolute atomic E-state index is 0.135. The fraction of sp³-hybridized carbons (Fsp3) is 0.357. The lowest BCUT2D eigenvalue weighted by Gasteiger charge is -2.06. The molecule has 6 nitrogen and oxygen atoms in total. The number of pyridine rings is 1. The monoisotopic (exact) mass is 273 g/mol. The fourth-order valence-electron chi connectivity index (χ4n) is 1.83. The highest BCUT2D eigenvalue weighted by molar-refractivity contribution is 5.92. The van der Waals surface area contributed by atoms with Crippen LogP contribution in [0.3, 0.4) is 0 Å². The molecule has 0 radical (unpaired) electrons. The van der Waals surface area contributed by atoms with Crippen molar-refractivity contribution in [3.63, 3.8) is 0 Å². The maximum atomic E-state index is 11.9. The normalized spacial score (nSPS) is 10.2. The van der Waals surface area contributed by atoms with Crippen LogP contribution < -0.4 is 10.6 Å². The average molecular weight is 273 g/mol. The molecule has 0 saturated carbocycles. The van der Waals surface area contributed by atoms with Gasteiger partial charge >= 0.3 is 0 Å². The number of amides is 1. The molecule has 2 N–H and O–H groups in total. The van der Waals surface area contributed by atoms with E-state index in [2.05, 4.69) is 20.6 Å². The van der Waals surface area contributed by atoms with Crippen LogP contribution in [0.2, 0.25) is 0 Å². The van der Waals surface area contributed by atoms with Gasteiger partial charge in [-0.15, -0.1) is 0 Å². The highest BCUT2D eigenvalue weighted by Gasteiger charge is 2.06. The third-order valence-electron chi connectivity index (χ3n) is 2.93. The van der Waals surface area contributed by atoms with Crippen LogP contribution >= 0.6 is 0 Å². The Hall–Kier alpha value is -2.37. The predicted molar refractivity (Wildman–Crippen MR) is 77.6 cm³/mol. The molecule has 106 valence electrons. The van der Waals surface area contributed by atoms with Crippen LogP contribution in [0.15, 0.2) is 36.9 Å². The quantitative estimate of drug-likeness (QED) is 0.750. The third kappa shape index (κ3) is 4.08. The van der Waals surface area contributed by atoms with E-state index >= 15 is 0 Å². The van der Waals surface area contributed by atoms with E-state index in [1.165, 1.54) is 0 Å². The first kappa shape index (κ1) is 14.0. The lowest BCUT2D eigenvalue weighted by molar-refractivity contribution is 0.0948. The molecule has 0 aliphatic heterocycles. The van der Waals surface area contributed by atoms with Gasteiger partial charge < -0.3 is 15.2 Å². The van der Waals surface area contributed by atoms with Crippen LogP contribution in [0.5, 0.6) is 0 Å². The zero-order valence-corrected chi connectivity index (χ0v) is 11.5. The molecule has 0 aromatic carbocycles. The third-order valence-corrected chi connectivity index (χ3v) is 2.93. The van der Waals surface area contributed by atoms with E-state index < -0.39 is 0 Å². The van der Waals surface area contributed by atoms with Gasteiger partial charge in [0, 0.05) is 32.5 Å². The van der Waals surface area contributed by atoms with Crippen molar-refractivity contribution in [1.82, 2.24) is 19.9 Å². The van der Waals surface area contributed by atoms with Crippen LogP contribution in [0.4, 0.5) is 5.82 Å². The van der Waals surface area contributed by atoms with E-state index in [-0.39, 0.29) is 5.91 Å². The summed E-state index contributed by atoms with van der Waals surface area (Å²) in [7, 11) is 1.78. The standard InChI is InChI=1S/C14H19N5O/c1-15-13-6-4-5-12(18-13)14(20)17-7-2-3-9-19-10-8-16-11-19/h4-6,8,10-11H,2-3,7,9H2,1H3,(H,15,18)(H,17,20). The van der Waals surface area contributed by atoms with Crippen LogP contribution in [0.25, 0.3) is 0 Å². The maximum Gasteiger partial charge on any atom is 0.269 e. The summed E-state index contributed by atoms with van der Waals surface area (Å²) in [5.41, 5.74) is 0.437. The summed E-state index contributed by atoms with van der Waals surface area (Å²) in [6, 6.07) is 5.34. The van der Waals surface area contributed by atoms with Crippen molar-refractivity contribution in [2.24, 2.45) is 0 Å². The number of rotatable bonds is 7. The molecule has 0 aliphatic rings. The Morgan fingerprint density at radius 1 is 1.35 bits per heavy atom. The Morgan fingerprint density at radius 2 is 2.25 bits per heavy atom. The second-order valence-electron chi connectivity index (χ2n) is 4.42. The summed E-state index contributed by atoms with van der Waals surface area (Å²) in [6.07, 6.45) is 7.43. The van der Waals surface area contributed by atoms with Gasteiger partial charge in [0.05, 0.1) is 6.33 Å². The van der Waals surface area contributed by atoms with Crippen LogP contribution in [-0.4, -0.2) is 34.0 Å². The first-order valence-electron chi connectivity index (χ1n) is 6.68. The molecule has 2 rings (SSSR count). The van der Waals surface area contributed by atoms with E-state index in [4.69, 9.17) is 0 Å². The van der Waals surface area contributed by atoms with Gasteiger partial charge in [0.25, 0.3) is 5.91 Å². The molecule has 0 aliphatic carbocycles. The number of carbonyl (C=O) groups excluding carboxylic acids is 1. The number of unbranched alkanes of at least 4 members (excludes halogenated alkanes) is 1. The Bertz CT molecular complexity index is 538. The summed E-state index contributed by atoms with van der Waals surface area (Å²) in [5.74, 6) is 0.558. The molecule has 20 heavy (non-hydrogen) atoms. The van der Waals surface area contributed by atoms with Crippen molar-refractivity contribution < 1.29 is 4.79 Å². The van der Waals surface area contributed by atoms with Gasteiger partial charge in [-0.25, -0.2) is 9.97 Å². The maximum absolute atomic E-state index is 11.9. The number of hydrogen-bond acceptors (Lipinski definition) is 4. The lowest BCUT2D eigenvalue weighted by atomic mass is 10.3. The molecule has 6 heteroatoms. The second kappa shape index (κ2) is 7.28. The molecule has 0 spiro atoms. The first-order valence-corrected chi connectivity index (χ1v) is 6.68. The van der Waals surface area contributed by atoms with E-state index in [9.17, 15) is 4.79 Å². The van der Waals surface area contributed by atoms with Crippen LogP contribution in [-0.2, 0) is 6.54 Å². The minimum atomic E-state index is -0.135. The minimum Gasteiger partial charge on any atom is -0.373 e. The molecular formula is C14H19N5O. The molecule has 2 aromatic heterocycles. The highest BCUT2D eigenvalue weighted by Crippen LogP contribution is 2.03. The Labute approximate surface area is 118 Å². The van der Waals surface area contributed by atoms with Gasteiger partial charge in [0.15, 0.2) is 0 Å². The number of nitrogens with zero attached hydrogens (tertiary/aromatic N) is 3. The van der Waals surface area contributed by atoms with Crippen molar-refractivity contribution in [2.75, 3.05) is 18.9 Å². The summed E-state index contributed by atoms with van der Waals surface area (Å²) < 4.78 is 2.03. The van der Waals surface area contributed by atoms with Crippen molar-refractivity contribution >= 4 is 11.7 Å². The molecule has 2 heterocycles. The number of anilines is 1. The first-order chi connectivity index (χ1) is 9.79. The summed E-state index contributed by atoms with van der Waals surface area (Å²) >= 11 is 0. The Balaban J connectivity index is 1.69. The number of aryl methyl sites for hydroxylation is 1. The van der Waals surface area contributed by atoms with Crippen molar-refractivity contribution in [1.29, 1.82) is 0 Å². The zero-order valence-electron chi connectivity index (χ0n) is 11.5. The van der Waals surface area contributed by atoms with Crippen molar-refractivity contribution in [2.45, 2.75) is 19.4 Å². The van der Waals surface area contributed by atoms with Crippen molar-refractivity contribution in [3.8, 4) is 0 Å². The van der Waals surface area contributed by atoms with Gasteiger partial charge in [0.2, 0.25) is 0 Å². The Morgan fingerprint density at radius 3 is 3.00 bits per heavy atom. The van der Waals surface area contributed by atoms with E-state index in [0.717, 1.165) is 19.4 Å². The molecule has 0 saturated heterocycles. The molecule has 1 amide bonds. The lowest BCUT2D eigenvalue weighted by Crippen LogP contribution is -2.25. The summed E-state index contributed by atoms with van der Waals surface area (Å²) in [6.45, 7) is 1.57. The van der Waals surface area contributed by atoms with Gasteiger partial charge in [-0.2, -0.15) is 0 Å². The van der Waals surface area contributed by atoms with Crippen LogP contribution in [0.1, 0.15) is 23.3 Å². The predicted octanol–water partition coefficient (Wildman–Crippen LogP) is 1.53. The van der Waals surface area contributed by atoms with E-state index in [1.807, 2.05) is 22.9 Å². The smallest absolute Gasteiger partial charge is 0.269 e. The second-order valence-corrected chi connectivity index (χ2v) is 4.42. The number of aromatic nitrogens is 3. The van der Waals surface area contributed by atoms with E-state index in [0.29, 0.717) is 18.1 Å². The zero-order chi connectivity index (χ0) is 14.2. The molecule has 0 bridgehead atoms. The fourth-order valence-corrected chi connectivity index (χ4v) is 1.83. The van der Waals surface area contributed by atoms with Gasteiger partial charge in [-0.3, -0.25) is 4.79 Å².